The molecule has 0 aliphatic heterocycles. The van der Waals surface area contributed by atoms with Gasteiger partial charge in [-0.25, -0.2) is 12.7 Å². The lowest BCUT2D eigenvalue weighted by molar-refractivity contribution is 0.0367. The normalized spacial score (nSPS) is 23.4. The molecule has 1 saturated carbocycles. The highest BCUT2D eigenvalue weighted by Gasteiger charge is 2.31. The molecule has 0 saturated heterocycles. The fourth-order valence-electron chi connectivity index (χ4n) is 2.17. The Bertz CT molecular complexity index is 570. The summed E-state index contributed by atoms with van der Waals surface area (Å²) in [5, 5.41) is 9.23. The topological polar surface area (TPSA) is 83.6 Å². The predicted octanol–water partition coefficient (Wildman–Crippen LogP) is 1.42. The summed E-state index contributed by atoms with van der Waals surface area (Å²) >= 11 is 3.24. The molecule has 0 aromatic heterocycles. The second-order valence-electron chi connectivity index (χ2n) is 4.96. The molecule has 5 nitrogen and oxygen atoms in total. The molecule has 1 aromatic carbocycles. The standard InChI is InChI=1S/C12H17BrN2O3S/c1-15(7-8-4-9(16)5-8)19(17,18)10-2-3-11(13)12(14)6-10/h2-3,6,8-9,16H,4-5,7,14H2,1H3. The molecule has 0 bridgehead atoms. The number of halogens is 1. The first kappa shape index (κ1) is 14.8. The molecule has 106 valence electrons. The molecule has 1 aliphatic rings. The Morgan fingerprint density at radius 1 is 1.47 bits per heavy atom. The first-order valence-corrected chi connectivity index (χ1v) is 8.23. The summed E-state index contributed by atoms with van der Waals surface area (Å²) in [6.07, 6.45) is 1.06. The summed E-state index contributed by atoms with van der Waals surface area (Å²) in [6.45, 7) is 0.426. The van der Waals surface area contributed by atoms with E-state index in [4.69, 9.17) is 5.73 Å². The Morgan fingerprint density at radius 2 is 2.11 bits per heavy atom. The number of rotatable bonds is 4. The zero-order chi connectivity index (χ0) is 14.2. The summed E-state index contributed by atoms with van der Waals surface area (Å²) in [5.74, 6) is 0.238. The van der Waals surface area contributed by atoms with Gasteiger partial charge in [0.1, 0.15) is 0 Å². The Morgan fingerprint density at radius 3 is 2.63 bits per heavy atom. The van der Waals surface area contributed by atoms with Crippen LogP contribution in [0.3, 0.4) is 0 Å². The van der Waals surface area contributed by atoms with Gasteiger partial charge in [0.2, 0.25) is 10.0 Å². The summed E-state index contributed by atoms with van der Waals surface area (Å²) in [5.41, 5.74) is 6.11. The molecule has 1 aliphatic carbocycles. The van der Waals surface area contributed by atoms with Crippen molar-refractivity contribution in [3.63, 3.8) is 0 Å². The number of hydrogen-bond acceptors (Lipinski definition) is 4. The number of nitrogens with zero attached hydrogens (tertiary/aromatic N) is 1. The van der Waals surface area contributed by atoms with Gasteiger partial charge in [0.25, 0.3) is 0 Å². The Labute approximate surface area is 121 Å². The zero-order valence-corrected chi connectivity index (χ0v) is 13.0. The molecule has 0 atom stereocenters. The number of nitrogens with two attached hydrogens (primary N) is 1. The highest BCUT2D eigenvalue weighted by molar-refractivity contribution is 9.10. The van der Waals surface area contributed by atoms with Crippen molar-refractivity contribution in [2.24, 2.45) is 5.92 Å². The Balaban J connectivity index is 2.14. The van der Waals surface area contributed by atoms with E-state index in [1.165, 1.54) is 16.4 Å². The number of sulfonamides is 1. The number of aliphatic hydroxyl groups excluding tert-OH is 1. The maximum absolute atomic E-state index is 12.3. The van der Waals surface area contributed by atoms with Crippen LogP contribution < -0.4 is 5.73 Å². The van der Waals surface area contributed by atoms with E-state index < -0.39 is 10.0 Å². The minimum atomic E-state index is -3.52. The van der Waals surface area contributed by atoms with Gasteiger partial charge in [-0.05, 0) is 52.9 Å². The van der Waals surface area contributed by atoms with E-state index in [1.807, 2.05) is 0 Å². The fourth-order valence-corrected chi connectivity index (χ4v) is 3.70. The van der Waals surface area contributed by atoms with Crippen molar-refractivity contribution in [1.29, 1.82) is 0 Å². The molecule has 0 heterocycles. The van der Waals surface area contributed by atoms with Gasteiger partial charge in [-0.1, -0.05) is 0 Å². The minimum Gasteiger partial charge on any atom is -0.398 e. The van der Waals surface area contributed by atoms with Crippen LogP contribution in [-0.4, -0.2) is 37.5 Å². The van der Waals surface area contributed by atoms with Crippen LogP contribution in [0.4, 0.5) is 5.69 Å². The average Bonchev–Trinajstić information content (AvgIpc) is 2.30. The summed E-state index contributed by atoms with van der Waals surface area (Å²) in [7, 11) is -1.96. The molecular weight excluding hydrogens is 332 g/mol. The molecule has 7 heteroatoms. The Kier molecular flexibility index (Phi) is 4.20. The summed E-state index contributed by atoms with van der Waals surface area (Å²) < 4.78 is 26.7. The first-order valence-electron chi connectivity index (χ1n) is 6.00. The molecular formula is C12H17BrN2O3S. The summed E-state index contributed by atoms with van der Waals surface area (Å²) in [4.78, 5) is 0.190. The minimum absolute atomic E-state index is 0.190. The smallest absolute Gasteiger partial charge is 0.242 e. The van der Waals surface area contributed by atoms with E-state index in [2.05, 4.69) is 15.9 Å². The molecule has 0 unspecified atom stereocenters. The predicted molar refractivity (Wildman–Crippen MR) is 77.1 cm³/mol. The molecule has 19 heavy (non-hydrogen) atoms. The van der Waals surface area contributed by atoms with Crippen LogP contribution in [0.15, 0.2) is 27.6 Å². The number of anilines is 1. The van der Waals surface area contributed by atoms with E-state index in [1.54, 1.807) is 13.1 Å². The maximum Gasteiger partial charge on any atom is 0.242 e. The monoisotopic (exact) mass is 348 g/mol. The second-order valence-corrected chi connectivity index (χ2v) is 7.86. The third-order valence-electron chi connectivity index (χ3n) is 3.40. The van der Waals surface area contributed by atoms with Crippen molar-refractivity contribution in [3.8, 4) is 0 Å². The van der Waals surface area contributed by atoms with Gasteiger partial charge in [-0.2, -0.15) is 0 Å². The maximum atomic E-state index is 12.3. The molecule has 0 spiro atoms. The van der Waals surface area contributed by atoms with Crippen LogP contribution in [0, 0.1) is 5.92 Å². The lowest BCUT2D eigenvalue weighted by Crippen LogP contribution is -2.39. The average molecular weight is 349 g/mol. The molecule has 1 fully saturated rings. The van der Waals surface area contributed by atoms with Gasteiger partial charge in [0.15, 0.2) is 0 Å². The molecule has 0 radical (unpaired) electrons. The van der Waals surface area contributed by atoms with Crippen molar-refractivity contribution in [1.82, 2.24) is 4.31 Å². The van der Waals surface area contributed by atoms with Crippen LogP contribution in [0.2, 0.25) is 0 Å². The van der Waals surface area contributed by atoms with Gasteiger partial charge in [0.05, 0.1) is 11.0 Å². The largest absolute Gasteiger partial charge is 0.398 e. The van der Waals surface area contributed by atoms with Crippen molar-refractivity contribution in [2.45, 2.75) is 23.8 Å². The number of aliphatic hydroxyl groups is 1. The molecule has 1 aromatic rings. The zero-order valence-electron chi connectivity index (χ0n) is 10.6. The summed E-state index contributed by atoms with van der Waals surface area (Å²) in [6, 6.07) is 4.61. The van der Waals surface area contributed by atoms with Crippen LogP contribution in [0.5, 0.6) is 0 Å². The fraction of sp³-hybridized carbons (Fsp3) is 0.500. The van der Waals surface area contributed by atoms with E-state index in [0.29, 0.717) is 29.5 Å². The van der Waals surface area contributed by atoms with Gasteiger partial charge in [-0.3, -0.25) is 0 Å². The molecule has 3 N–H and O–H groups in total. The SMILES string of the molecule is CN(CC1CC(O)C1)S(=O)(=O)c1ccc(Br)c(N)c1. The lowest BCUT2D eigenvalue weighted by atomic mass is 9.82. The van der Waals surface area contributed by atoms with E-state index in [0.717, 1.165) is 0 Å². The quantitative estimate of drug-likeness (QED) is 0.806. The van der Waals surface area contributed by atoms with Crippen molar-refractivity contribution in [2.75, 3.05) is 19.3 Å². The van der Waals surface area contributed by atoms with E-state index in [9.17, 15) is 13.5 Å². The van der Waals surface area contributed by atoms with Gasteiger partial charge >= 0.3 is 0 Å². The van der Waals surface area contributed by atoms with E-state index in [-0.39, 0.29) is 16.9 Å². The second kappa shape index (κ2) is 5.40. The van der Waals surface area contributed by atoms with Crippen molar-refractivity contribution < 1.29 is 13.5 Å². The number of benzene rings is 1. The van der Waals surface area contributed by atoms with Crippen LogP contribution in [-0.2, 0) is 10.0 Å². The van der Waals surface area contributed by atoms with Crippen LogP contribution >= 0.6 is 15.9 Å². The van der Waals surface area contributed by atoms with Gasteiger partial charge < -0.3 is 10.8 Å². The van der Waals surface area contributed by atoms with Crippen LogP contribution in [0.1, 0.15) is 12.8 Å². The van der Waals surface area contributed by atoms with Crippen molar-refractivity contribution in [3.05, 3.63) is 22.7 Å². The third-order valence-corrected chi connectivity index (χ3v) is 5.94. The molecule has 2 rings (SSSR count). The highest BCUT2D eigenvalue weighted by atomic mass is 79.9. The first-order chi connectivity index (χ1) is 8.80. The lowest BCUT2D eigenvalue weighted by Gasteiger charge is -2.34. The Hall–Kier alpha value is -0.630. The van der Waals surface area contributed by atoms with E-state index >= 15 is 0 Å². The van der Waals surface area contributed by atoms with Gasteiger partial charge in [0, 0.05) is 23.8 Å². The molecule has 0 amide bonds. The number of hydrogen-bond donors (Lipinski definition) is 2. The number of nitrogen functional groups attached to an aromatic ring is 1. The third kappa shape index (κ3) is 3.10. The van der Waals surface area contributed by atoms with Gasteiger partial charge in [-0.15, -0.1) is 0 Å². The van der Waals surface area contributed by atoms with Crippen LogP contribution in [0.25, 0.3) is 0 Å². The highest BCUT2D eigenvalue weighted by Crippen LogP contribution is 2.30. The van der Waals surface area contributed by atoms with Crippen molar-refractivity contribution >= 4 is 31.6 Å².